The Morgan fingerprint density at radius 3 is 2.97 bits per heavy atom. The van der Waals surface area contributed by atoms with Crippen LogP contribution in [-0.2, 0) is 12.8 Å². The summed E-state index contributed by atoms with van der Waals surface area (Å²) >= 11 is 1.58. The van der Waals surface area contributed by atoms with Crippen LogP contribution in [0.1, 0.15) is 35.2 Å². The van der Waals surface area contributed by atoms with Crippen LogP contribution < -0.4 is 10.3 Å². The van der Waals surface area contributed by atoms with Crippen LogP contribution in [0.5, 0.6) is 5.75 Å². The maximum absolute atomic E-state index is 13.0. The Kier molecular flexibility index (Phi) is 4.84. The minimum Gasteiger partial charge on any atom is -0.496 e. The van der Waals surface area contributed by atoms with Gasteiger partial charge in [0.25, 0.3) is 5.56 Å². The van der Waals surface area contributed by atoms with Crippen molar-refractivity contribution >= 4 is 44.0 Å². The normalized spacial score (nSPS) is 16.3. The lowest BCUT2D eigenvalue weighted by atomic mass is 9.89. The highest BCUT2D eigenvalue weighted by atomic mass is 32.1. The maximum Gasteiger partial charge on any atom is 0.260 e. The number of fused-ring (bicyclic) bond motifs is 4. The first-order valence-electron chi connectivity index (χ1n) is 10.3. The van der Waals surface area contributed by atoms with E-state index in [1.165, 1.54) is 4.88 Å². The van der Waals surface area contributed by atoms with Crippen LogP contribution in [-0.4, -0.2) is 17.1 Å². The molecule has 0 saturated carbocycles. The summed E-state index contributed by atoms with van der Waals surface area (Å²) in [6.07, 6.45) is 4.74. The third-order valence-electron chi connectivity index (χ3n) is 5.98. The van der Waals surface area contributed by atoms with Gasteiger partial charge in [-0.3, -0.25) is 4.79 Å². The lowest BCUT2D eigenvalue weighted by Gasteiger charge is -2.17. The molecule has 2 heterocycles. The first kappa shape index (κ1) is 19.5. The molecular weight excluding hydrogens is 406 g/mol. The summed E-state index contributed by atoms with van der Waals surface area (Å²) in [7, 11) is 1.61. The number of hydrogen-bond donors (Lipinski definition) is 1. The van der Waals surface area contributed by atoms with Gasteiger partial charge >= 0.3 is 0 Å². The topological polar surface area (TPSA) is 78.8 Å². The van der Waals surface area contributed by atoms with E-state index >= 15 is 0 Å². The van der Waals surface area contributed by atoms with E-state index in [9.17, 15) is 10.1 Å². The molecule has 6 heteroatoms. The maximum atomic E-state index is 13.0. The Balaban J connectivity index is 1.70. The second kappa shape index (κ2) is 7.68. The highest BCUT2D eigenvalue weighted by molar-refractivity contribution is 7.18. The Morgan fingerprint density at radius 1 is 1.32 bits per heavy atom. The van der Waals surface area contributed by atoms with Gasteiger partial charge in [-0.25, -0.2) is 4.98 Å². The van der Waals surface area contributed by atoms with Crippen molar-refractivity contribution in [1.29, 1.82) is 5.26 Å². The van der Waals surface area contributed by atoms with Crippen LogP contribution in [0.3, 0.4) is 0 Å². The van der Waals surface area contributed by atoms with E-state index in [4.69, 9.17) is 9.72 Å². The number of nitriles is 1. The zero-order chi connectivity index (χ0) is 21.5. The molecule has 31 heavy (non-hydrogen) atoms. The van der Waals surface area contributed by atoms with Gasteiger partial charge in [0.15, 0.2) is 5.82 Å². The van der Waals surface area contributed by atoms with Crippen LogP contribution in [0, 0.1) is 17.2 Å². The number of hydrogen-bond acceptors (Lipinski definition) is 5. The van der Waals surface area contributed by atoms with Crippen molar-refractivity contribution in [2.24, 2.45) is 5.92 Å². The molecule has 2 aromatic carbocycles. The van der Waals surface area contributed by atoms with E-state index in [-0.39, 0.29) is 5.56 Å². The van der Waals surface area contributed by atoms with Gasteiger partial charge < -0.3 is 9.72 Å². The van der Waals surface area contributed by atoms with Crippen LogP contribution in [0.4, 0.5) is 0 Å². The molecular formula is C25H21N3O2S. The summed E-state index contributed by atoms with van der Waals surface area (Å²) in [5, 5.41) is 12.6. The van der Waals surface area contributed by atoms with Crippen LogP contribution in [0.2, 0.25) is 0 Å². The quantitative estimate of drug-likeness (QED) is 0.448. The van der Waals surface area contributed by atoms with Crippen molar-refractivity contribution in [3.05, 3.63) is 68.6 Å². The first-order chi connectivity index (χ1) is 15.1. The Morgan fingerprint density at radius 2 is 2.16 bits per heavy atom. The predicted molar refractivity (Wildman–Crippen MR) is 125 cm³/mol. The van der Waals surface area contributed by atoms with Crippen LogP contribution >= 0.6 is 11.3 Å². The molecule has 1 aliphatic carbocycles. The average molecular weight is 428 g/mol. The number of rotatable bonds is 3. The average Bonchev–Trinajstić information content (AvgIpc) is 3.15. The summed E-state index contributed by atoms with van der Waals surface area (Å²) < 4.78 is 5.55. The lowest BCUT2D eigenvalue weighted by molar-refractivity contribution is 0.414. The van der Waals surface area contributed by atoms with E-state index in [1.807, 2.05) is 36.4 Å². The highest BCUT2D eigenvalue weighted by Gasteiger charge is 2.23. The van der Waals surface area contributed by atoms with Gasteiger partial charge in [0, 0.05) is 10.4 Å². The van der Waals surface area contributed by atoms with Gasteiger partial charge in [0.05, 0.1) is 18.1 Å². The number of nitrogens with one attached hydrogen (secondary N) is 1. The Hall–Kier alpha value is -3.43. The largest absolute Gasteiger partial charge is 0.496 e. The van der Waals surface area contributed by atoms with Crippen molar-refractivity contribution in [3.63, 3.8) is 0 Å². The third kappa shape index (κ3) is 3.31. The lowest BCUT2D eigenvalue weighted by Crippen LogP contribution is -2.14. The van der Waals surface area contributed by atoms with E-state index in [0.717, 1.165) is 41.2 Å². The number of benzene rings is 2. The molecule has 0 aliphatic heterocycles. The summed E-state index contributed by atoms with van der Waals surface area (Å²) in [6, 6.07) is 14.0. The molecule has 5 rings (SSSR count). The summed E-state index contributed by atoms with van der Waals surface area (Å²) in [5.41, 5.74) is 2.06. The fourth-order valence-electron chi connectivity index (χ4n) is 4.38. The second-order valence-corrected chi connectivity index (χ2v) is 9.10. The third-order valence-corrected chi connectivity index (χ3v) is 7.13. The summed E-state index contributed by atoms with van der Waals surface area (Å²) in [5.74, 6) is 1.57. The number of nitrogens with zero attached hydrogens (tertiary/aromatic N) is 2. The molecule has 0 amide bonds. The predicted octanol–water partition coefficient (Wildman–Crippen LogP) is 5.34. The summed E-state index contributed by atoms with van der Waals surface area (Å²) in [6.45, 7) is 2.24. The standard InChI is InChI=1S/C25H21N3O2S/c1-14-7-9-18-21(11-14)31-25-22(18)24(29)27-23(28-25)16(13-26)12-19-17-6-4-3-5-15(17)8-10-20(19)30-2/h3-6,8,10,12,14H,7,9,11H2,1-2H3,(H,27,28,29)/b16-12+/t14-/m1/s1. The Labute approximate surface area is 183 Å². The molecule has 0 radical (unpaired) electrons. The minimum absolute atomic E-state index is 0.168. The van der Waals surface area contributed by atoms with Crippen molar-refractivity contribution < 1.29 is 4.74 Å². The number of aryl methyl sites for hydroxylation is 1. The number of ether oxygens (including phenoxy) is 1. The molecule has 4 aromatic rings. The monoisotopic (exact) mass is 427 g/mol. The summed E-state index contributed by atoms with van der Waals surface area (Å²) in [4.78, 5) is 22.5. The van der Waals surface area contributed by atoms with E-state index in [2.05, 4.69) is 18.0 Å². The van der Waals surface area contributed by atoms with Gasteiger partial charge in [0.1, 0.15) is 16.6 Å². The van der Waals surface area contributed by atoms with E-state index in [0.29, 0.717) is 33.3 Å². The molecule has 5 nitrogen and oxygen atoms in total. The van der Waals surface area contributed by atoms with Gasteiger partial charge in [-0.1, -0.05) is 37.3 Å². The highest BCUT2D eigenvalue weighted by Crippen LogP contribution is 2.36. The molecule has 0 fully saturated rings. The van der Waals surface area contributed by atoms with Gasteiger partial charge in [-0.15, -0.1) is 11.3 Å². The SMILES string of the molecule is COc1ccc2ccccc2c1/C=C(\C#N)c1nc2sc3c(c2c(=O)[nH]1)CC[C@@H](C)C3. The number of thiophene rings is 1. The fourth-order valence-corrected chi connectivity index (χ4v) is 5.76. The molecule has 0 saturated heterocycles. The second-order valence-electron chi connectivity index (χ2n) is 8.02. The van der Waals surface area contributed by atoms with Gasteiger partial charge in [0.2, 0.25) is 0 Å². The van der Waals surface area contributed by atoms with Crippen LogP contribution in [0.25, 0.3) is 32.6 Å². The van der Waals surface area contributed by atoms with E-state index in [1.54, 1.807) is 24.5 Å². The van der Waals surface area contributed by atoms with E-state index < -0.39 is 0 Å². The van der Waals surface area contributed by atoms with Crippen molar-refractivity contribution in [2.75, 3.05) is 7.11 Å². The van der Waals surface area contributed by atoms with Crippen molar-refractivity contribution in [1.82, 2.24) is 9.97 Å². The first-order valence-corrected chi connectivity index (χ1v) is 11.1. The molecule has 0 spiro atoms. The fraction of sp³-hybridized carbons (Fsp3) is 0.240. The zero-order valence-corrected chi connectivity index (χ0v) is 18.2. The number of aromatic amines is 1. The molecule has 2 aromatic heterocycles. The Bertz CT molecular complexity index is 1460. The number of methoxy groups -OCH3 is 1. The van der Waals surface area contributed by atoms with Crippen molar-refractivity contribution in [3.8, 4) is 11.8 Å². The molecule has 0 bridgehead atoms. The smallest absolute Gasteiger partial charge is 0.260 e. The van der Waals surface area contributed by atoms with Gasteiger partial charge in [-0.2, -0.15) is 5.26 Å². The molecule has 1 atom stereocenters. The number of aromatic nitrogens is 2. The molecule has 154 valence electrons. The number of allylic oxidation sites excluding steroid dienone is 1. The zero-order valence-electron chi connectivity index (χ0n) is 17.4. The minimum atomic E-state index is -0.168. The van der Waals surface area contributed by atoms with Crippen LogP contribution in [0.15, 0.2) is 41.2 Å². The molecule has 0 unspecified atom stereocenters. The molecule has 1 aliphatic rings. The molecule has 1 N–H and O–H groups in total. The van der Waals surface area contributed by atoms with Gasteiger partial charge in [-0.05, 0) is 53.7 Å². The van der Waals surface area contributed by atoms with Crippen molar-refractivity contribution in [2.45, 2.75) is 26.2 Å². The number of H-pyrrole nitrogens is 1.